The van der Waals surface area contributed by atoms with Gasteiger partial charge >= 0.3 is 5.97 Å². The Balaban J connectivity index is 2.30. The van der Waals surface area contributed by atoms with Crippen LogP contribution in [0.5, 0.6) is 0 Å². The Morgan fingerprint density at radius 2 is 1.84 bits per heavy atom. The summed E-state index contributed by atoms with van der Waals surface area (Å²) in [4.78, 5) is 15.8. The highest BCUT2D eigenvalue weighted by Gasteiger charge is 2.24. The lowest BCUT2D eigenvalue weighted by Gasteiger charge is -2.35. The average Bonchev–Trinajstić information content (AvgIpc) is 2.41. The first-order valence-electron chi connectivity index (χ1n) is 6.59. The summed E-state index contributed by atoms with van der Waals surface area (Å²) in [6.07, 6.45) is 0. The van der Waals surface area contributed by atoms with Crippen molar-refractivity contribution in [3.63, 3.8) is 0 Å². The van der Waals surface area contributed by atoms with Gasteiger partial charge in [0.2, 0.25) is 0 Å². The number of hydrogen-bond acceptors (Lipinski definition) is 5. The third-order valence-corrected chi connectivity index (χ3v) is 3.77. The van der Waals surface area contributed by atoms with Gasteiger partial charge in [0.05, 0.1) is 5.69 Å². The molecule has 0 radical (unpaired) electrons. The molecule has 1 aromatic rings. The quantitative estimate of drug-likeness (QED) is 0.876. The van der Waals surface area contributed by atoms with Crippen LogP contribution in [0.3, 0.4) is 0 Å². The first-order valence-corrected chi connectivity index (χ1v) is 6.59. The second-order valence-corrected chi connectivity index (χ2v) is 4.84. The van der Waals surface area contributed by atoms with Crippen molar-refractivity contribution in [1.29, 1.82) is 0 Å². The maximum Gasteiger partial charge on any atom is 0.339 e. The fraction of sp³-hybridized carbons (Fsp3) is 0.615. The van der Waals surface area contributed by atoms with Crippen LogP contribution >= 0.6 is 0 Å². The number of nitrogens with zero attached hydrogens (tertiary/aromatic N) is 4. The highest BCUT2D eigenvalue weighted by molar-refractivity contribution is 5.95. The van der Waals surface area contributed by atoms with Crippen LogP contribution in [0.1, 0.15) is 28.5 Å². The number of aryl methyl sites for hydroxylation is 1. The number of carboxylic acid groups (broad SMARTS) is 1. The Kier molecular flexibility index (Phi) is 3.99. The molecule has 0 aliphatic carbocycles. The Morgan fingerprint density at radius 3 is 2.37 bits per heavy atom. The van der Waals surface area contributed by atoms with Crippen molar-refractivity contribution in [3.05, 3.63) is 16.8 Å². The molecule has 1 aliphatic heterocycles. The van der Waals surface area contributed by atoms with Crippen LogP contribution in [0.4, 0.5) is 5.82 Å². The maximum absolute atomic E-state index is 11.5. The smallest absolute Gasteiger partial charge is 0.339 e. The molecule has 0 spiro atoms. The second kappa shape index (κ2) is 5.52. The third kappa shape index (κ3) is 2.68. The van der Waals surface area contributed by atoms with Crippen molar-refractivity contribution in [2.45, 2.75) is 20.8 Å². The molecule has 1 N–H and O–H groups in total. The Bertz CT molecular complexity index is 482. The lowest BCUT2D eigenvalue weighted by atomic mass is 10.1. The largest absolute Gasteiger partial charge is 0.478 e. The summed E-state index contributed by atoms with van der Waals surface area (Å²) in [5.41, 5.74) is 1.67. The van der Waals surface area contributed by atoms with E-state index in [-0.39, 0.29) is 5.56 Å². The van der Waals surface area contributed by atoms with Gasteiger partial charge in [0.15, 0.2) is 5.82 Å². The lowest BCUT2D eigenvalue weighted by Crippen LogP contribution is -2.47. The normalized spacial score (nSPS) is 16.7. The van der Waals surface area contributed by atoms with E-state index in [1.54, 1.807) is 13.8 Å². The van der Waals surface area contributed by atoms with Crippen molar-refractivity contribution >= 4 is 11.8 Å². The van der Waals surface area contributed by atoms with Crippen LogP contribution in [-0.2, 0) is 0 Å². The fourth-order valence-electron chi connectivity index (χ4n) is 2.35. The van der Waals surface area contributed by atoms with Crippen LogP contribution in [0, 0.1) is 13.8 Å². The van der Waals surface area contributed by atoms with Gasteiger partial charge in [-0.15, -0.1) is 5.10 Å². The molecule has 2 heterocycles. The minimum atomic E-state index is -0.927. The van der Waals surface area contributed by atoms with E-state index in [1.165, 1.54) is 0 Å². The lowest BCUT2D eigenvalue weighted by molar-refractivity contribution is 0.0695. The number of anilines is 1. The van der Waals surface area contributed by atoms with Crippen molar-refractivity contribution in [2.75, 3.05) is 37.6 Å². The first-order chi connectivity index (χ1) is 9.04. The zero-order valence-electron chi connectivity index (χ0n) is 11.7. The molecular weight excluding hydrogens is 244 g/mol. The van der Waals surface area contributed by atoms with Crippen molar-refractivity contribution < 1.29 is 9.90 Å². The molecule has 1 saturated heterocycles. The van der Waals surface area contributed by atoms with E-state index in [9.17, 15) is 9.90 Å². The molecule has 0 unspecified atom stereocenters. The number of hydrogen-bond donors (Lipinski definition) is 1. The van der Waals surface area contributed by atoms with Gasteiger partial charge in [-0.25, -0.2) is 4.79 Å². The van der Waals surface area contributed by atoms with Crippen molar-refractivity contribution in [2.24, 2.45) is 0 Å². The van der Waals surface area contributed by atoms with E-state index in [0.717, 1.165) is 32.7 Å². The number of aromatic carboxylic acids is 1. The third-order valence-electron chi connectivity index (χ3n) is 3.77. The van der Waals surface area contributed by atoms with Crippen molar-refractivity contribution in [1.82, 2.24) is 15.1 Å². The van der Waals surface area contributed by atoms with Crippen LogP contribution < -0.4 is 4.90 Å². The highest BCUT2D eigenvalue weighted by atomic mass is 16.4. The molecule has 6 heteroatoms. The molecule has 0 bridgehead atoms. The van der Waals surface area contributed by atoms with Gasteiger partial charge in [-0.1, -0.05) is 6.92 Å². The van der Waals surface area contributed by atoms with E-state index in [1.807, 2.05) is 4.90 Å². The standard InChI is InChI=1S/C13H20N4O2/c1-4-16-5-7-17(8-6-16)12-11(13(18)19)9(2)10(3)14-15-12/h4-8H2,1-3H3,(H,18,19). The van der Waals surface area contributed by atoms with Crippen LogP contribution in [-0.4, -0.2) is 58.9 Å². The number of aromatic nitrogens is 2. The molecule has 1 aromatic heterocycles. The van der Waals surface area contributed by atoms with Crippen LogP contribution in [0.2, 0.25) is 0 Å². The molecule has 2 rings (SSSR count). The van der Waals surface area contributed by atoms with E-state index in [2.05, 4.69) is 22.0 Å². The predicted octanol–water partition coefficient (Wildman–Crippen LogP) is 0.934. The molecule has 1 fully saturated rings. The summed E-state index contributed by atoms with van der Waals surface area (Å²) in [7, 11) is 0. The Morgan fingerprint density at radius 1 is 1.21 bits per heavy atom. The molecule has 6 nitrogen and oxygen atoms in total. The molecule has 0 saturated carbocycles. The summed E-state index contributed by atoms with van der Waals surface area (Å²) in [6.45, 7) is 10.2. The minimum Gasteiger partial charge on any atom is -0.478 e. The SMILES string of the molecule is CCN1CCN(c2nnc(C)c(C)c2C(=O)O)CC1. The van der Waals surface area contributed by atoms with Crippen molar-refractivity contribution in [3.8, 4) is 0 Å². The minimum absolute atomic E-state index is 0.289. The van der Waals surface area contributed by atoms with Gasteiger partial charge in [0.25, 0.3) is 0 Å². The molecule has 0 amide bonds. The zero-order valence-corrected chi connectivity index (χ0v) is 11.7. The van der Waals surface area contributed by atoms with Gasteiger partial charge in [0.1, 0.15) is 5.56 Å². The van der Waals surface area contributed by atoms with E-state index >= 15 is 0 Å². The zero-order chi connectivity index (χ0) is 14.0. The second-order valence-electron chi connectivity index (χ2n) is 4.84. The van der Waals surface area contributed by atoms with Crippen LogP contribution in [0.15, 0.2) is 0 Å². The van der Waals surface area contributed by atoms with Gasteiger partial charge in [-0.2, -0.15) is 5.10 Å². The predicted molar refractivity (Wildman–Crippen MR) is 72.8 cm³/mol. The molecule has 19 heavy (non-hydrogen) atoms. The summed E-state index contributed by atoms with van der Waals surface area (Å²) in [5.74, 6) is -0.422. The van der Waals surface area contributed by atoms with Gasteiger partial charge < -0.3 is 14.9 Å². The van der Waals surface area contributed by atoms with E-state index < -0.39 is 5.97 Å². The highest BCUT2D eigenvalue weighted by Crippen LogP contribution is 2.23. The van der Waals surface area contributed by atoms with Gasteiger partial charge in [0, 0.05) is 26.2 Å². The summed E-state index contributed by atoms with van der Waals surface area (Å²) in [6, 6.07) is 0. The molecule has 1 aliphatic rings. The summed E-state index contributed by atoms with van der Waals surface area (Å²) in [5, 5.41) is 17.6. The summed E-state index contributed by atoms with van der Waals surface area (Å²) < 4.78 is 0. The maximum atomic E-state index is 11.5. The summed E-state index contributed by atoms with van der Waals surface area (Å²) >= 11 is 0. The topological polar surface area (TPSA) is 69.6 Å². The molecule has 0 aromatic carbocycles. The average molecular weight is 264 g/mol. The number of carboxylic acids is 1. The van der Waals surface area contributed by atoms with E-state index in [0.29, 0.717) is 17.1 Å². The monoisotopic (exact) mass is 264 g/mol. The molecular formula is C13H20N4O2. The van der Waals surface area contributed by atoms with Gasteiger partial charge in [-0.3, -0.25) is 0 Å². The van der Waals surface area contributed by atoms with Gasteiger partial charge in [-0.05, 0) is 26.0 Å². The molecule has 0 atom stereocenters. The Labute approximate surface area is 113 Å². The number of likely N-dealkylation sites (N-methyl/N-ethyl adjacent to an activating group) is 1. The van der Waals surface area contributed by atoms with Crippen LogP contribution in [0.25, 0.3) is 0 Å². The number of piperazine rings is 1. The molecule has 104 valence electrons. The first kappa shape index (κ1) is 13.7. The number of rotatable bonds is 3. The Hall–Kier alpha value is -1.69. The van der Waals surface area contributed by atoms with E-state index in [4.69, 9.17) is 0 Å². The number of carbonyl (C=O) groups is 1. The fourth-order valence-corrected chi connectivity index (χ4v) is 2.35.